The summed E-state index contributed by atoms with van der Waals surface area (Å²) in [5, 5.41) is 6.01. The molecule has 0 aliphatic heterocycles. The van der Waals surface area contributed by atoms with Crippen LogP contribution in [0.15, 0.2) is 36.4 Å². The standard InChI is InChI=1S/C16H14N4.4ClH/c17-11-5-13(19)9-3-4-10-14(20)6-12(18)8-2-1-7(11)15(9)16(8)10;;;;/h1-6H,17-20H2;4*1H. The molecule has 0 saturated heterocycles. The van der Waals surface area contributed by atoms with E-state index in [1.807, 2.05) is 24.3 Å². The molecule has 0 aliphatic rings. The van der Waals surface area contributed by atoms with Crippen molar-refractivity contribution in [3.63, 3.8) is 0 Å². The molecular weight excluding hydrogens is 390 g/mol. The monoisotopic (exact) mass is 406 g/mol. The van der Waals surface area contributed by atoms with Gasteiger partial charge in [0.1, 0.15) is 0 Å². The van der Waals surface area contributed by atoms with Crippen LogP contribution in [0.25, 0.3) is 32.3 Å². The van der Waals surface area contributed by atoms with Crippen LogP contribution in [-0.2, 0) is 0 Å². The lowest BCUT2D eigenvalue weighted by Crippen LogP contribution is -1.98. The van der Waals surface area contributed by atoms with Crippen LogP contribution in [0.3, 0.4) is 0 Å². The number of halogens is 4. The van der Waals surface area contributed by atoms with Crippen molar-refractivity contribution in [2.24, 2.45) is 0 Å². The van der Waals surface area contributed by atoms with Crippen molar-refractivity contribution >= 4 is 105 Å². The van der Waals surface area contributed by atoms with Crippen molar-refractivity contribution < 1.29 is 0 Å². The minimum Gasteiger partial charge on any atom is -0.398 e. The van der Waals surface area contributed by atoms with E-state index in [0.29, 0.717) is 22.7 Å². The lowest BCUT2D eigenvalue weighted by atomic mass is 9.91. The van der Waals surface area contributed by atoms with E-state index >= 15 is 0 Å². The third-order valence-corrected chi connectivity index (χ3v) is 4.03. The number of nitrogen functional groups attached to an aromatic ring is 4. The second kappa shape index (κ2) is 7.45. The molecule has 0 aromatic heterocycles. The van der Waals surface area contributed by atoms with E-state index in [9.17, 15) is 0 Å². The van der Waals surface area contributed by atoms with Crippen molar-refractivity contribution in [3.05, 3.63) is 36.4 Å². The molecule has 0 atom stereocenters. The van der Waals surface area contributed by atoms with Gasteiger partial charge in [0, 0.05) is 55.1 Å². The van der Waals surface area contributed by atoms with E-state index < -0.39 is 0 Å². The summed E-state index contributed by atoms with van der Waals surface area (Å²) in [6.45, 7) is 0. The van der Waals surface area contributed by atoms with Gasteiger partial charge < -0.3 is 22.9 Å². The zero-order chi connectivity index (χ0) is 14.0. The van der Waals surface area contributed by atoms with E-state index in [2.05, 4.69) is 0 Å². The highest BCUT2D eigenvalue weighted by Crippen LogP contribution is 2.42. The Hall–Kier alpha value is -1.72. The molecule has 0 fully saturated rings. The Bertz CT molecular complexity index is 850. The molecule has 4 aromatic rings. The SMILES string of the molecule is Cl.Cl.Cl.Cl.Nc1cc(N)c2ccc3c(N)cc(N)c4ccc1c2c43. The lowest BCUT2D eigenvalue weighted by molar-refractivity contribution is 1.72. The third-order valence-electron chi connectivity index (χ3n) is 4.03. The second-order valence-electron chi connectivity index (χ2n) is 5.18. The summed E-state index contributed by atoms with van der Waals surface area (Å²) in [7, 11) is 0. The van der Waals surface area contributed by atoms with E-state index in [4.69, 9.17) is 22.9 Å². The molecule has 8 heteroatoms. The molecule has 0 aliphatic carbocycles. The van der Waals surface area contributed by atoms with E-state index in [1.54, 1.807) is 12.1 Å². The number of benzene rings is 4. The lowest BCUT2D eigenvalue weighted by Gasteiger charge is -2.16. The zero-order valence-corrected chi connectivity index (χ0v) is 15.7. The summed E-state index contributed by atoms with van der Waals surface area (Å²) in [6, 6.07) is 11.6. The highest BCUT2D eigenvalue weighted by Gasteiger charge is 2.14. The van der Waals surface area contributed by atoms with Crippen LogP contribution in [0.2, 0.25) is 0 Å². The highest BCUT2D eigenvalue weighted by molar-refractivity contribution is 6.30. The molecule has 0 unspecified atom stereocenters. The summed E-state index contributed by atoms with van der Waals surface area (Å²) in [6.07, 6.45) is 0. The van der Waals surface area contributed by atoms with Crippen molar-refractivity contribution in [2.75, 3.05) is 22.9 Å². The number of rotatable bonds is 0. The minimum absolute atomic E-state index is 0. The summed E-state index contributed by atoms with van der Waals surface area (Å²) in [5.74, 6) is 0. The first-order valence-corrected chi connectivity index (χ1v) is 6.38. The molecule has 0 saturated carbocycles. The topological polar surface area (TPSA) is 104 Å². The Morgan fingerprint density at radius 1 is 0.417 bits per heavy atom. The first kappa shape index (κ1) is 22.3. The van der Waals surface area contributed by atoms with Crippen molar-refractivity contribution in [1.29, 1.82) is 0 Å². The van der Waals surface area contributed by atoms with E-state index in [0.717, 1.165) is 32.3 Å². The molecular formula is C16H18Cl4N4. The fourth-order valence-corrected chi connectivity index (χ4v) is 3.10. The Morgan fingerprint density at radius 2 is 0.625 bits per heavy atom. The van der Waals surface area contributed by atoms with Crippen LogP contribution in [-0.4, -0.2) is 0 Å². The van der Waals surface area contributed by atoms with Gasteiger partial charge in [-0.15, -0.1) is 49.6 Å². The maximum absolute atomic E-state index is 6.10. The fourth-order valence-electron chi connectivity index (χ4n) is 3.10. The predicted octanol–water partition coefficient (Wildman–Crippen LogP) is 4.60. The molecule has 0 bridgehead atoms. The molecule has 0 heterocycles. The molecule has 0 spiro atoms. The summed E-state index contributed by atoms with van der Waals surface area (Å²) in [4.78, 5) is 0. The first-order valence-electron chi connectivity index (χ1n) is 6.38. The molecule has 130 valence electrons. The van der Waals surface area contributed by atoms with Gasteiger partial charge in [0.05, 0.1) is 0 Å². The van der Waals surface area contributed by atoms with E-state index in [-0.39, 0.29) is 49.6 Å². The molecule has 24 heavy (non-hydrogen) atoms. The Balaban J connectivity index is 0.00000132. The molecule has 0 amide bonds. The minimum atomic E-state index is 0. The van der Waals surface area contributed by atoms with E-state index in [1.165, 1.54) is 0 Å². The van der Waals surface area contributed by atoms with Crippen molar-refractivity contribution in [2.45, 2.75) is 0 Å². The van der Waals surface area contributed by atoms with Crippen molar-refractivity contribution in [1.82, 2.24) is 0 Å². The molecule has 0 radical (unpaired) electrons. The number of hydrogen-bond acceptors (Lipinski definition) is 4. The number of anilines is 4. The summed E-state index contributed by atoms with van der Waals surface area (Å²) in [5.41, 5.74) is 27.1. The van der Waals surface area contributed by atoms with Crippen LogP contribution in [0, 0.1) is 0 Å². The number of hydrogen-bond donors (Lipinski definition) is 4. The van der Waals surface area contributed by atoms with Gasteiger partial charge in [0.25, 0.3) is 0 Å². The molecule has 4 rings (SSSR count). The largest absolute Gasteiger partial charge is 0.398 e. The third kappa shape index (κ3) is 2.76. The van der Waals surface area contributed by atoms with Gasteiger partial charge in [-0.05, 0) is 12.1 Å². The van der Waals surface area contributed by atoms with Crippen LogP contribution in [0.1, 0.15) is 0 Å². The first-order chi connectivity index (χ1) is 9.58. The maximum Gasteiger partial charge on any atom is 0.0415 e. The second-order valence-corrected chi connectivity index (χ2v) is 5.18. The van der Waals surface area contributed by atoms with Gasteiger partial charge in [-0.25, -0.2) is 0 Å². The van der Waals surface area contributed by atoms with Crippen LogP contribution < -0.4 is 22.9 Å². The zero-order valence-electron chi connectivity index (χ0n) is 12.4. The van der Waals surface area contributed by atoms with Gasteiger partial charge >= 0.3 is 0 Å². The quantitative estimate of drug-likeness (QED) is 0.252. The Kier molecular flexibility index (Phi) is 6.91. The van der Waals surface area contributed by atoms with Crippen LogP contribution in [0.4, 0.5) is 22.7 Å². The Labute approximate surface area is 163 Å². The number of nitrogens with two attached hydrogens (primary N) is 4. The average Bonchev–Trinajstić information content (AvgIpc) is 2.42. The van der Waals surface area contributed by atoms with Gasteiger partial charge in [-0.3, -0.25) is 0 Å². The van der Waals surface area contributed by atoms with Crippen molar-refractivity contribution in [3.8, 4) is 0 Å². The fraction of sp³-hybridized carbons (Fsp3) is 0. The predicted molar refractivity (Wildman–Crippen MR) is 117 cm³/mol. The highest BCUT2D eigenvalue weighted by atomic mass is 35.5. The normalized spacial score (nSPS) is 9.83. The molecule has 4 aromatic carbocycles. The molecule has 4 nitrogen and oxygen atoms in total. The van der Waals surface area contributed by atoms with Gasteiger partial charge in [-0.2, -0.15) is 0 Å². The summed E-state index contributed by atoms with van der Waals surface area (Å²) >= 11 is 0. The van der Waals surface area contributed by atoms with Crippen LogP contribution >= 0.6 is 49.6 Å². The van der Waals surface area contributed by atoms with Gasteiger partial charge in [-0.1, -0.05) is 24.3 Å². The van der Waals surface area contributed by atoms with Gasteiger partial charge in [0.15, 0.2) is 0 Å². The average molecular weight is 408 g/mol. The Morgan fingerprint density at radius 3 is 0.833 bits per heavy atom. The summed E-state index contributed by atoms with van der Waals surface area (Å²) < 4.78 is 0. The van der Waals surface area contributed by atoms with Gasteiger partial charge in [0.2, 0.25) is 0 Å². The molecule has 8 N–H and O–H groups in total. The van der Waals surface area contributed by atoms with Crippen LogP contribution in [0.5, 0.6) is 0 Å². The maximum atomic E-state index is 6.10. The smallest absolute Gasteiger partial charge is 0.0415 e.